The van der Waals surface area contributed by atoms with Crippen LogP contribution in [0.1, 0.15) is 24.0 Å². The molecule has 0 aliphatic carbocycles. The third-order valence-corrected chi connectivity index (χ3v) is 3.10. The fourth-order valence-electron chi connectivity index (χ4n) is 2.21. The molecule has 2 rings (SSSR count). The molecule has 1 aromatic carbocycles. The lowest BCUT2D eigenvalue weighted by atomic mass is 10.0. The maximum absolute atomic E-state index is 5.72. The number of methoxy groups -OCH3 is 1. The van der Waals surface area contributed by atoms with E-state index in [1.807, 2.05) is 6.07 Å². The summed E-state index contributed by atoms with van der Waals surface area (Å²) in [7, 11) is 1.70. The zero-order valence-corrected chi connectivity index (χ0v) is 10.9. The number of hydrogen-bond donors (Lipinski definition) is 1. The average Bonchev–Trinajstić information content (AvgIpc) is 2.41. The van der Waals surface area contributed by atoms with Gasteiger partial charge in [-0.2, -0.15) is 0 Å². The highest BCUT2D eigenvalue weighted by Crippen LogP contribution is 2.36. The summed E-state index contributed by atoms with van der Waals surface area (Å²) in [6.45, 7) is 2.52. The quantitative estimate of drug-likeness (QED) is 0.784. The number of unbranched alkanes of at least 4 members (excludes halogenated alkanes) is 1. The molecule has 0 bridgehead atoms. The van der Waals surface area contributed by atoms with Crippen LogP contribution in [0.15, 0.2) is 12.1 Å². The predicted molar refractivity (Wildman–Crippen MR) is 70.1 cm³/mol. The van der Waals surface area contributed by atoms with E-state index in [-0.39, 0.29) is 0 Å². The second-order valence-electron chi connectivity index (χ2n) is 4.41. The van der Waals surface area contributed by atoms with Crippen LogP contribution in [-0.4, -0.2) is 26.9 Å². The lowest BCUT2D eigenvalue weighted by Crippen LogP contribution is -2.17. The number of ether oxygens (including phenoxy) is 3. The third kappa shape index (κ3) is 2.94. The zero-order chi connectivity index (χ0) is 12.8. The molecule has 0 atom stereocenters. The number of aryl methyl sites for hydroxylation is 1. The van der Waals surface area contributed by atoms with Crippen molar-refractivity contribution >= 4 is 0 Å². The molecule has 1 aliphatic rings. The summed E-state index contributed by atoms with van der Waals surface area (Å²) in [6.07, 6.45) is 3.14. The monoisotopic (exact) mass is 251 g/mol. The van der Waals surface area contributed by atoms with Gasteiger partial charge in [-0.3, -0.25) is 0 Å². The largest absolute Gasteiger partial charge is 0.486 e. The van der Waals surface area contributed by atoms with Crippen molar-refractivity contribution in [1.82, 2.24) is 0 Å². The molecule has 0 saturated heterocycles. The molecule has 0 aromatic heterocycles. The minimum Gasteiger partial charge on any atom is -0.486 e. The Morgan fingerprint density at radius 1 is 1.22 bits per heavy atom. The number of rotatable bonds is 6. The van der Waals surface area contributed by atoms with Crippen LogP contribution in [0.2, 0.25) is 0 Å². The van der Waals surface area contributed by atoms with E-state index in [0.717, 1.165) is 42.9 Å². The van der Waals surface area contributed by atoms with Gasteiger partial charge in [0, 0.05) is 12.7 Å². The number of nitrogens with two attached hydrogens (primary N) is 1. The van der Waals surface area contributed by atoms with Crippen LogP contribution in [0.4, 0.5) is 0 Å². The van der Waals surface area contributed by atoms with Gasteiger partial charge < -0.3 is 19.9 Å². The average molecular weight is 251 g/mol. The molecular formula is C14H21NO3. The van der Waals surface area contributed by atoms with Gasteiger partial charge in [0.25, 0.3) is 0 Å². The minimum absolute atomic E-state index is 0.560. The standard InChI is InChI=1S/C14H21NO3/c1-16-10-12-11(4-2-3-7-15)5-6-13-14(12)18-9-8-17-13/h5-6H,2-4,7-10,15H2,1H3. The summed E-state index contributed by atoms with van der Waals surface area (Å²) in [5, 5.41) is 0. The van der Waals surface area contributed by atoms with Gasteiger partial charge in [-0.1, -0.05) is 6.07 Å². The van der Waals surface area contributed by atoms with E-state index in [1.165, 1.54) is 5.56 Å². The molecule has 1 aliphatic heterocycles. The third-order valence-electron chi connectivity index (χ3n) is 3.10. The normalized spacial score (nSPS) is 13.7. The van der Waals surface area contributed by atoms with Crippen molar-refractivity contribution in [2.24, 2.45) is 5.73 Å². The smallest absolute Gasteiger partial charge is 0.167 e. The van der Waals surface area contributed by atoms with E-state index < -0.39 is 0 Å². The first-order valence-corrected chi connectivity index (χ1v) is 6.46. The van der Waals surface area contributed by atoms with E-state index in [9.17, 15) is 0 Å². The lowest BCUT2D eigenvalue weighted by molar-refractivity contribution is 0.152. The summed E-state index contributed by atoms with van der Waals surface area (Å²) in [6, 6.07) is 4.10. The Hall–Kier alpha value is -1.26. The van der Waals surface area contributed by atoms with Crippen LogP contribution >= 0.6 is 0 Å². The first kappa shape index (κ1) is 13.2. The maximum atomic E-state index is 5.72. The fraction of sp³-hybridized carbons (Fsp3) is 0.571. The summed E-state index contributed by atoms with van der Waals surface area (Å²) >= 11 is 0. The lowest BCUT2D eigenvalue weighted by Gasteiger charge is -2.23. The Balaban J connectivity index is 2.22. The highest BCUT2D eigenvalue weighted by Gasteiger charge is 2.18. The molecule has 1 aromatic rings. The number of benzene rings is 1. The molecule has 1 heterocycles. The molecule has 0 saturated carbocycles. The molecule has 100 valence electrons. The Bertz CT molecular complexity index is 393. The van der Waals surface area contributed by atoms with Crippen molar-refractivity contribution in [2.45, 2.75) is 25.9 Å². The number of fused-ring (bicyclic) bond motifs is 1. The Morgan fingerprint density at radius 2 is 2.06 bits per heavy atom. The second kappa shape index (κ2) is 6.61. The van der Waals surface area contributed by atoms with Gasteiger partial charge in [0.1, 0.15) is 13.2 Å². The molecule has 0 unspecified atom stereocenters. The molecule has 0 spiro atoms. The highest BCUT2D eigenvalue weighted by atomic mass is 16.6. The van der Waals surface area contributed by atoms with Crippen LogP contribution in [0.5, 0.6) is 11.5 Å². The van der Waals surface area contributed by atoms with Gasteiger partial charge in [0.05, 0.1) is 6.61 Å². The highest BCUT2D eigenvalue weighted by molar-refractivity contribution is 5.51. The van der Waals surface area contributed by atoms with Gasteiger partial charge in [-0.05, 0) is 37.4 Å². The Morgan fingerprint density at radius 3 is 2.83 bits per heavy atom. The van der Waals surface area contributed by atoms with Crippen molar-refractivity contribution in [3.8, 4) is 11.5 Å². The van der Waals surface area contributed by atoms with E-state index >= 15 is 0 Å². The molecule has 0 radical (unpaired) electrons. The SMILES string of the molecule is COCc1c(CCCCN)ccc2c1OCCO2. The molecule has 0 amide bonds. The Kier molecular flexibility index (Phi) is 4.84. The summed E-state index contributed by atoms with van der Waals surface area (Å²) in [5.74, 6) is 1.68. The van der Waals surface area contributed by atoms with Gasteiger partial charge >= 0.3 is 0 Å². The van der Waals surface area contributed by atoms with Crippen LogP contribution in [0.3, 0.4) is 0 Å². The minimum atomic E-state index is 0.560. The first-order chi connectivity index (χ1) is 8.86. The summed E-state index contributed by atoms with van der Waals surface area (Å²) in [5.41, 5.74) is 7.92. The van der Waals surface area contributed by atoms with Crippen LogP contribution < -0.4 is 15.2 Å². The predicted octanol–water partition coefficient (Wildman–Crippen LogP) is 1.89. The van der Waals surface area contributed by atoms with E-state index in [0.29, 0.717) is 19.8 Å². The van der Waals surface area contributed by atoms with Crippen LogP contribution in [0.25, 0.3) is 0 Å². The van der Waals surface area contributed by atoms with Crippen molar-refractivity contribution in [1.29, 1.82) is 0 Å². The summed E-state index contributed by atoms with van der Waals surface area (Å²) < 4.78 is 16.6. The molecular weight excluding hydrogens is 230 g/mol. The van der Waals surface area contributed by atoms with Crippen molar-refractivity contribution < 1.29 is 14.2 Å². The van der Waals surface area contributed by atoms with E-state index in [4.69, 9.17) is 19.9 Å². The molecule has 18 heavy (non-hydrogen) atoms. The van der Waals surface area contributed by atoms with Crippen LogP contribution in [0, 0.1) is 0 Å². The Labute approximate surface area is 108 Å². The van der Waals surface area contributed by atoms with E-state index in [1.54, 1.807) is 7.11 Å². The van der Waals surface area contributed by atoms with Gasteiger partial charge in [0.2, 0.25) is 0 Å². The maximum Gasteiger partial charge on any atom is 0.167 e. The molecule has 4 nitrogen and oxygen atoms in total. The van der Waals surface area contributed by atoms with Gasteiger partial charge in [-0.25, -0.2) is 0 Å². The van der Waals surface area contributed by atoms with Crippen molar-refractivity contribution in [3.05, 3.63) is 23.3 Å². The molecule has 0 fully saturated rings. The van der Waals surface area contributed by atoms with Crippen LogP contribution in [-0.2, 0) is 17.8 Å². The topological polar surface area (TPSA) is 53.7 Å². The summed E-state index contributed by atoms with van der Waals surface area (Å²) in [4.78, 5) is 0. The van der Waals surface area contributed by atoms with Crippen molar-refractivity contribution in [2.75, 3.05) is 26.9 Å². The fourth-order valence-corrected chi connectivity index (χ4v) is 2.21. The van der Waals surface area contributed by atoms with Crippen molar-refractivity contribution in [3.63, 3.8) is 0 Å². The molecule has 2 N–H and O–H groups in total. The zero-order valence-electron chi connectivity index (χ0n) is 10.9. The van der Waals surface area contributed by atoms with E-state index in [2.05, 4.69) is 6.07 Å². The first-order valence-electron chi connectivity index (χ1n) is 6.46. The van der Waals surface area contributed by atoms with Gasteiger partial charge in [-0.15, -0.1) is 0 Å². The molecule has 4 heteroatoms. The number of hydrogen-bond acceptors (Lipinski definition) is 4. The van der Waals surface area contributed by atoms with Gasteiger partial charge in [0.15, 0.2) is 11.5 Å². The second-order valence-corrected chi connectivity index (χ2v) is 4.41.